The van der Waals surface area contributed by atoms with Crippen LogP contribution in [0.2, 0.25) is 4.34 Å². The van der Waals surface area contributed by atoms with Gasteiger partial charge >= 0.3 is 0 Å². The minimum Gasteiger partial charge on any atom is -0.391 e. The molecule has 32 heavy (non-hydrogen) atoms. The van der Waals surface area contributed by atoms with E-state index >= 15 is 0 Å². The van der Waals surface area contributed by atoms with Crippen molar-refractivity contribution in [3.8, 4) is 0 Å². The van der Waals surface area contributed by atoms with E-state index in [2.05, 4.69) is 10.6 Å². The maximum Gasteiger partial charge on any atom is 0.261 e. The van der Waals surface area contributed by atoms with Crippen molar-refractivity contribution in [2.75, 3.05) is 30.0 Å². The molecule has 1 saturated carbocycles. The Morgan fingerprint density at radius 1 is 1.25 bits per heavy atom. The molecule has 3 N–H and O–H groups in total. The van der Waals surface area contributed by atoms with Crippen molar-refractivity contribution in [2.45, 2.75) is 25.0 Å². The van der Waals surface area contributed by atoms with Gasteiger partial charge in [0.2, 0.25) is 5.91 Å². The van der Waals surface area contributed by atoms with Crippen molar-refractivity contribution >= 4 is 52.0 Å². The molecule has 3 atom stereocenters. The highest BCUT2D eigenvalue weighted by Gasteiger charge is 2.38. The van der Waals surface area contributed by atoms with Crippen LogP contribution >= 0.6 is 22.9 Å². The van der Waals surface area contributed by atoms with Crippen molar-refractivity contribution in [3.05, 3.63) is 45.4 Å². The zero-order valence-electron chi connectivity index (χ0n) is 16.8. The molecule has 0 unspecified atom stereocenters. The predicted molar refractivity (Wildman–Crippen MR) is 118 cm³/mol. The summed E-state index contributed by atoms with van der Waals surface area (Å²) in [4.78, 5) is 38.7. The zero-order chi connectivity index (χ0) is 22.8. The van der Waals surface area contributed by atoms with Crippen LogP contribution in [0, 0.1) is 11.7 Å². The number of amides is 3. The molecule has 2 heterocycles. The molecule has 2 aliphatic rings. The molecule has 0 bridgehead atoms. The van der Waals surface area contributed by atoms with Gasteiger partial charge in [-0.25, -0.2) is 4.39 Å². The number of hydrogen-bond acceptors (Lipinski definition) is 6. The number of nitrogens with one attached hydrogen (secondary N) is 2. The molecule has 1 aliphatic carbocycles. The average Bonchev–Trinajstić information content (AvgIpc) is 3.36. The largest absolute Gasteiger partial charge is 0.391 e. The van der Waals surface area contributed by atoms with Crippen LogP contribution in [-0.2, 0) is 14.3 Å². The summed E-state index contributed by atoms with van der Waals surface area (Å²) in [6.45, 7) is 0.642. The molecule has 1 saturated heterocycles. The van der Waals surface area contributed by atoms with Gasteiger partial charge in [-0.1, -0.05) is 11.6 Å². The molecule has 1 aromatic heterocycles. The first-order valence-electron chi connectivity index (χ1n) is 10.0. The lowest BCUT2D eigenvalue weighted by atomic mass is 10.1. The van der Waals surface area contributed by atoms with Crippen LogP contribution in [0.5, 0.6) is 0 Å². The van der Waals surface area contributed by atoms with Crippen LogP contribution in [0.15, 0.2) is 30.3 Å². The standard InChI is InChI=1S/C21H21ClFN3O5S/c22-18-4-3-17(32-18)21(30)25-15-7-11(8-16(15)27)20(29)24-14-2-1-12(9-13(14)23)26-5-6-31-10-19(26)28/h1-4,9,11,15-16,27H,5-8,10H2,(H,24,29)(H,25,30)/t11-,15+,16+/m1/s1. The van der Waals surface area contributed by atoms with E-state index in [1.807, 2.05) is 0 Å². The number of thiophene rings is 1. The molecule has 0 radical (unpaired) electrons. The molecule has 1 aliphatic heterocycles. The van der Waals surface area contributed by atoms with E-state index in [1.54, 1.807) is 18.2 Å². The summed E-state index contributed by atoms with van der Waals surface area (Å²) in [6, 6.07) is 6.75. The Hall–Kier alpha value is -2.53. The highest BCUT2D eigenvalue weighted by molar-refractivity contribution is 7.18. The lowest BCUT2D eigenvalue weighted by Crippen LogP contribution is -2.41. The van der Waals surface area contributed by atoms with Crippen LogP contribution < -0.4 is 15.5 Å². The topological polar surface area (TPSA) is 108 Å². The third-order valence-corrected chi connectivity index (χ3v) is 6.75. The number of rotatable bonds is 5. The van der Waals surface area contributed by atoms with Gasteiger partial charge < -0.3 is 25.4 Å². The molecule has 4 rings (SSSR count). The molecule has 3 amide bonds. The number of benzene rings is 1. The SMILES string of the molecule is O=C(N[C@H]1C[C@@H](C(=O)Nc2ccc(N3CCOCC3=O)cc2F)C[C@@H]1O)c1ccc(Cl)s1. The average molecular weight is 482 g/mol. The maximum atomic E-state index is 14.6. The highest BCUT2D eigenvalue weighted by atomic mass is 35.5. The van der Waals surface area contributed by atoms with Crippen molar-refractivity contribution in [2.24, 2.45) is 5.92 Å². The number of ether oxygens (including phenoxy) is 1. The van der Waals surface area contributed by atoms with Gasteiger partial charge in [-0.15, -0.1) is 11.3 Å². The van der Waals surface area contributed by atoms with E-state index < -0.39 is 29.8 Å². The van der Waals surface area contributed by atoms with Crippen LogP contribution in [0.25, 0.3) is 0 Å². The normalized spacial score (nSPS) is 23.3. The van der Waals surface area contributed by atoms with Gasteiger partial charge in [0.15, 0.2) is 0 Å². The number of hydrogen-bond donors (Lipinski definition) is 3. The van der Waals surface area contributed by atoms with E-state index in [9.17, 15) is 23.9 Å². The van der Waals surface area contributed by atoms with E-state index in [0.29, 0.717) is 28.1 Å². The van der Waals surface area contributed by atoms with Gasteiger partial charge in [0.05, 0.1) is 33.7 Å². The second kappa shape index (κ2) is 9.53. The third-order valence-electron chi connectivity index (χ3n) is 5.52. The van der Waals surface area contributed by atoms with E-state index in [0.717, 1.165) is 11.3 Å². The number of halogens is 2. The van der Waals surface area contributed by atoms with E-state index in [1.165, 1.54) is 17.0 Å². The van der Waals surface area contributed by atoms with Crippen LogP contribution in [0.4, 0.5) is 15.8 Å². The second-order valence-corrected chi connectivity index (χ2v) is 9.39. The number of aliphatic hydroxyl groups is 1. The predicted octanol–water partition coefficient (Wildman–Crippen LogP) is 2.41. The lowest BCUT2D eigenvalue weighted by Gasteiger charge is -2.27. The van der Waals surface area contributed by atoms with E-state index in [4.69, 9.17) is 16.3 Å². The molecule has 0 spiro atoms. The molecular formula is C21H21ClFN3O5S. The summed E-state index contributed by atoms with van der Waals surface area (Å²) in [5, 5.41) is 15.6. The summed E-state index contributed by atoms with van der Waals surface area (Å²) in [5.74, 6) is -2.35. The minimum absolute atomic E-state index is 0.0188. The fourth-order valence-electron chi connectivity index (χ4n) is 3.86. The molecule has 2 aromatic rings. The molecule has 170 valence electrons. The summed E-state index contributed by atoms with van der Waals surface area (Å²) in [6.07, 6.45) is -0.534. The number of aliphatic hydroxyl groups excluding tert-OH is 1. The highest BCUT2D eigenvalue weighted by Crippen LogP contribution is 2.30. The van der Waals surface area contributed by atoms with Crippen molar-refractivity contribution in [1.29, 1.82) is 0 Å². The second-order valence-electron chi connectivity index (χ2n) is 7.67. The Labute approximate surface area is 192 Å². The van der Waals surface area contributed by atoms with Crippen LogP contribution in [-0.4, -0.2) is 54.7 Å². The first kappa shape index (κ1) is 22.7. The number of anilines is 2. The lowest BCUT2D eigenvalue weighted by molar-refractivity contribution is -0.125. The summed E-state index contributed by atoms with van der Waals surface area (Å²) >= 11 is 6.97. The Bertz CT molecular complexity index is 1050. The molecule has 1 aromatic carbocycles. The summed E-state index contributed by atoms with van der Waals surface area (Å²) < 4.78 is 20.1. The molecular weight excluding hydrogens is 461 g/mol. The van der Waals surface area contributed by atoms with Gasteiger partial charge in [0, 0.05) is 18.2 Å². The minimum atomic E-state index is -0.898. The van der Waals surface area contributed by atoms with Gasteiger partial charge in [-0.05, 0) is 43.2 Å². The number of carbonyl (C=O) groups excluding carboxylic acids is 3. The Morgan fingerprint density at radius 3 is 2.75 bits per heavy atom. The van der Waals surface area contributed by atoms with Gasteiger partial charge in [-0.3, -0.25) is 14.4 Å². The Kier molecular flexibility index (Phi) is 6.75. The maximum absolute atomic E-state index is 14.6. The van der Waals surface area contributed by atoms with Crippen LogP contribution in [0.3, 0.4) is 0 Å². The first-order chi connectivity index (χ1) is 15.3. The quantitative estimate of drug-likeness (QED) is 0.608. The Balaban J connectivity index is 1.36. The fraction of sp³-hybridized carbons (Fsp3) is 0.381. The molecule has 2 fully saturated rings. The summed E-state index contributed by atoms with van der Waals surface area (Å²) in [5.41, 5.74) is 0.371. The monoisotopic (exact) mass is 481 g/mol. The van der Waals surface area contributed by atoms with Crippen molar-refractivity contribution in [1.82, 2.24) is 5.32 Å². The Morgan fingerprint density at radius 2 is 2.06 bits per heavy atom. The van der Waals surface area contributed by atoms with Gasteiger partial charge in [0.25, 0.3) is 11.8 Å². The van der Waals surface area contributed by atoms with Gasteiger partial charge in [-0.2, -0.15) is 0 Å². The first-order valence-corrected chi connectivity index (χ1v) is 11.2. The zero-order valence-corrected chi connectivity index (χ0v) is 18.4. The van der Waals surface area contributed by atoms with Crippen molar-refractivity contribution < 1.29 is 28.6 Å². The molecule has 8 nitrogen and oxygen atoms in total. The fourth-order valence-corrected chi connectivity index (χ4v) is 4.81. The summed E-state index contributed by atoms with van der Waals surface area (Å²) in [7, 11) is 0. The smallest absolute Gasteiger partial charge is 0.261 e. The third kappa shape index (κ3) is 4.93. The van der Waals surface area contributed by atoms with Crippen LogP contribution in [0.1, 0.15) is 22.5 Å². The van der Waals surface area contributed by atoms with Crippen molar-refractivity contribution in [3.63, 3.8) is 0 Å². The number of carbonyl (C=O) groups is 3. The number of morpholine rings is 1. The van der Waals surface area contributed by atoms with E-state index in [-0.39, 0.29) is 37.0 Å². The number of nitrogens with zero attached hydrogens (tertiary/aromatic N) is 1. The van der Waals surface area contributed by atoms with Gasteiger partial charge in [0.1, 0.15) is 12.4 Å². The molecule has 11 heteroatoms.